The average molecular weight is 1230 g/mol. The van der Waals surface area contributed by atoms with E-state index in [-0.39, 0.29) is 119 Å². The van der Waals surface area contributed by atoms with E-state index in [1.807, 2.05) is 87.8 Å². The molecule has 0 unspecified atom stereocenters. The molecule has 17 nitrogen and oxygen atoms in total. The van der Waals surface area contributed by atoms with E-state index in [1.54, 1.807) is 32.9 Å². The molecule has 0 fully saturated rings. The molecule has 3 aromatic carbocycles. The standard InChI is InChI=1S/C62H91N9O8S.B3P.K/c1-8-48(20-14-15-28-63)68-60(77)46(33-47-38-67-52-22-13-12-21-50(47)52)35-55(73)53(27-30-80-7)69-62(79)51(39(2)3)36-57(75)58(40(4)5)71-61(78)45(31-43-23-25-49(72)26-24-43)34-56(74)54(32-42-17-10-9-11-18-42)70-59(76)44(37-64)19-16-29-66-41(6)65;1-3-4-2;/h9-13,17-18,21-26,38-40,44-46,48,51,53-54,58,67,72H,8,14-16,19-20,27-37,63-64H2,1-7H3,(H2,65,66)(H,68,77)(H,69,79)(H,70,76)(H,71,78);;/q;-1;+1/t44-,45-,46-,48-,51+,53+,54+,58+;;/m1../s1. The maximum absolute atomic E-state index is 14.7. The molecule has 0 aliphatic heterocycles. The number of nitrogens with zero attached hydrogens (tertiary/aromatic N) is 1. The number of H-pyrrole nitrogens is 1. The van der Waals surface area contributed by atoms with Gasteiger partial charge in [0.25, 0.3) is 0 Å². The van der Waals surface area contributed by atoms with Gasteiger partial charge >= 0.3 is 51.4 Å². The zero-order chi connectivity index (χ0) is 62.1. The van der Waals surface area contributed by atoms with Crippen LogP contribution in [0.15, 0.2) is 90.1 Å². The Kier molecular flexibility index (Phi) is 38.7. The third-order valence-corrected chi connectivity index (χ3v) is 15.8. The molecular formula is C62H91B3KN9O8PS. The molecule has 4 rings (SSSR count). The predicted molar refractivity (Wildman–Crippen MR) is 345 cm³/mol. The van der Waals surface area contributed by atoms with Crippen LogP contribution in [0.2, 0.25) is 0 Å². The summed E-state index contributed by atoms with van der Waals surface area (Å²) in [5.41, 5.74) is 20.8. The van der Waals surface area contributed by atoms with Crippen molar-refractivity contribution in [1.82, 2.24) is 26.3 Å². The van der Waals surface area contributed by atoms with Crippen LogP contribution in [-0.4, -0.2) is 135 Å². The number of carbonyl (C=O) groups excluding carboxylic acids is 7. The molecule has 1 aromatic heterocycles. The van der Waals surface area contributed by atoms with Gasteiger partial charge in [0.1, 0.15) is 5.75 Å². The first-order chi connectivity index (χ1) is 40.2. The summed E-state index contributed by atoms with van der Waals surface area (Å²) in [6, 6.07) is 20.2. The van der Waals surface area contributed by atoms with Crippen LogP contribution in [0.1, 0.15) is 122 Å². The fourth-order valence-corrected chi connectivity index (χ4v) is 10.5. The van der Waals surface area contributed by atoms with Crippen LogP contribution in [0.5, 0.6) is 5.75 Å². The van der Waals surface area contributed by atoms with Gasteiger partial charge in [0.15, 0.2) is 17.3 Å². The number of aliphatic imine (C=N–C) groups is 1. The summed E-state index contributed by atoms with van der Waals surface area (Å²) in [7, 11) is 10.2. The Morgan fingerprint density at radius 3 is 1.87 bits per heavy atom. The number of aromatic amines is 1. The largest absolute Gasteiger partial charge is 1.00 e. The molecule has 0 aliphatic rings. The van der Waals surface area contributed by atoms with Crippen LogP contribution in [0.4, 0.5) is 0 Å². The van der Waals surface area contributed by atoms with Crippen molar-refractivity contribution in [2.24, 2.45) is 57.7 Å². The number of aromatic hydroxyl groups is 1. The minimum absolute atomic E-state index is 0. The SMILES string of the molecule is CC[C@H](CCCCN)NC(=O)[C@@H](CC(=O)[C@H](CCSC)NC(=O)[C@@H](CC(=O)[C@@H](NC(=O)[C@@H](CC(=O)[C@H](Cc1ccccc1)NC(=O)[C@@H](CN)CCCN=C(C)N)Cc1ccc(O)cc1)C(C)C)C(C)C)Cc1c[nH]c2ccccc12.[B][B][P-][B].[K+]. The fraction of sp³-hybridized carbons (Fsp3) is 0.548. The Morgan fingerprint density at radius 2 is 1.28 bits per heavy atom. The first-order valence-corrected chi connectivity index (χ1v) is 31.9. The van der Waals surface area contributed by atoms with Gasteiger partial charge in [-0.1, -0.05) is 102 Å². The van der Waals surface area contributed by atoms with Crippen LogP contribution in [-0.2, 0) is 52.8 Å². The second kappa shape index (κ2) is 42.7. The summed E-state index contributed by atoms with van der Waals surface area (Å²) in [6.07, 6.45) is 8.09. The number of phenolic OH excluding ortho intramolecular Hbond substituents is 1. The Balaban J connectivity index is 0.00000477. The van der Waals surface area contributed by atoms with Gasteiger partial charge in [0.05, 0.1) is 29.9 Å². The summed E-state index contributed by atoms with van der Waals surface area (Å²) < 4.78 is 0. The monoisotopic (exact) mass is 1220 g/mol. The number of hydrogen-bond acceptors (Lipinski definition) is 12. The molecule has 0 bridgehead atoms. The average Bonchev–Trinajstić information content (AvgIpc) is 3.95. The third kappa shape index (κ3) is 28.3. The molecule has 4 amide bonds. The first kappa shape index (κ1) is 77.0. The Labute approximate surface area is 557 Å². The number of hydrogen-bond donors (Lipinski definition) is 9. The number of para-hydroxylation sites is 1. The van der Waals surface area contributed by atoms with E-state index in [0.717, 1.165) is 41.3 Å². The summed E-state index contributed by atoms with van der Waals surface area (Å²) in [5.74, 6) is -5.79. The van der Waals surface area contributed by atoms with Crippen molar-refractivity contribution in [1.29, 1.82) is 0 Å². The molecule has 8 atom stereocenters. The van der Waals surface area contributed by atoms with Gasteiger partial charge in [-0.05, 0) is 138 Å². The van der Waals surface area contributed by atoms with Crippen molar-refractivity contribution in [2.45, 2.75) is 149 Å². The number of thioether (sulfide) groups is 1. The Bertz CT molecular complexity index is 2690. The molecule has 85 heavy (non-hydrogen) atoms. The number of amidine groups is 1. The summed E-state index contributed by atoms with van der Waals surface area (Å²) in [5, 5.41) is 23.2. The van der Waals surface area contributed by atoms with Crippen LogP contribution in [0.3, 0.4) is 0 Å². The van der Waals surface area contributed by atoms with Crippen molar-refractivity contribution < 1.29 is 90.1 Å². The number of ketones is 3. The van der Waals surface area contributed by atoms with Crippen molar-refractivity contribution in [3.63, 3.8) is 0 Å². The van der Waals surface area contributed by atoms with Crippen molar-refractivity contribution in [2.75, 3.05) is 31.6 Å². The summed E-state index contributed by atoms with van der Waals surface area (Å²) in [4.78, 5) is 108. The second-order valence-corrected chi connectivity index (χ2v) is 23.9. The normalized spacial score (nSPS) is 14.4. The number of Topliss-reactive ketones (excluding diaryl/α,β-unsaturated/α-hetero) is 3. The van der Waals surface area contributed by atoms with Gasteiger partial charge in [0, 0.05) is 73.2 Å². The van der Waals surface area contributed by atoms with Crippen LogP contribution >= 0.6 is 20.1 Å². The number of amides is 4. The first-order valence-electron chi connectivity index (χ1n) is 29.5. The molecule has 5 radical (unpaired) electrons. The molecule has 0 aliphatic carbocycles. The topological polar surface area (TPSA) is 294 Å². The summed E-state index contributed by atoms with van der Waals surface area (Å²) in [6.45, 7) is 13.3. The quantitative estimate of drug-likeness (QED) is 0.0102. The maximum atomic E-state index is 14.7. The van der Waals surface area contributed by atoms with Crippen LogP contribution < -0.4 is 89.9 Å². The summed E-state index contributed by atoms with van der Waals surface area (Å²) >= 11 is 1.53. The van der Waals surface area contributed by atoms with Crippen molar-refractivity contribution >= 4 is 100 Å². The third-order valence-electron chi connectivity index (χ3n) is 15.0. The number of carbonyl (C=O) groups is 7. The Hall–Kier alpha value is -4.11. The van der Waals surface area contributed by atoms with E-state index in [9.17, 15) is 38.7 Å². The van der Waals surface area contributed by atoms with E-state index in [0.29, 0.717) is 70.7 Å². The molecule has 1 heterocycles. The van der Waals surface area contributed by atoms with E-state index in [1.165, 1.54) is 30.8 Å². The van der Waals surface area contributed by atoms with Gasteiger partial charge in [0.2, 0.25) is 23.6 Å². The van der Waals surface area contributed by atoms with Crippen LogP contribution in [0, 0.1) is 35.5 Å². The number of unbranched alkanes of at least 4 members (excludes halogenated alkanes) is 1. The predicted octanol–water partition coefficient (Wildman–Crippen LogP) is 3.63. The Morgan fingerprint density at radius 1 is 0.694 bits per heavy atom. The van der Waals surface area contributed by atoms with Gasteiger partial charge in [-0.2, -0.15) is 26.2 Å². The van der Waals surface area contributed by atoms with Gasteiger partial charge < -0.3 is 56.9 Å². The molecule has 0 saturated heterocycles. The van der Waals surface area contributed by atoms with Gasteiger partial charge in [-0.25, -0.2) is 0 Å². The number of phenols is 1. The molecular weight excluding hydrogens is 1130 g/mol. The van der Waals surface area contributed by atoms with Crippen molar-refractivity contribution in [3.05, 3.63) is 102 Å². The van der Waals surface area contributed by atoms with Gasteiger partial charge in [-0.15, -0.1) is 0 Å². The zero-order valence-corrected chi connectivity index (χ0v) is 56.3. The van der Waals surface area contributed by atoms with Gasteiger partial charge in [-0.3, -0.25) is 38.6 Å². The number of benzene rings is 3. The fourth-order valence-electron chi connectivity index (χ4n) is 10.0. The molecule has 4 aromatic rings. The molecule has 0 spiro atoms. The van der Waals surface area contributed by atoms with E-state index >= 15 is 0 Å². The number of nitrogens with one attached hydrogen (secondary N) is 5. The number of nitrogens with two attached hydrogens (primary N) is 3. The van der Waals surface area contributed by atoms with E-state index in [2.05, 4.69) is 31.2 Å². The van der Waals surface area contributed by atoms with Crippen molar-refractivity contribution in [3.8, 4) is 5.75 Å². The smallest absolute Gasteiger partial charge is 0.634 e. The zero-order valence-electron chi connectivity index (χ0n) is 51.4. The minimum atomic E-state index is -1.06. The van der Waals surface area contributed by atoms with E-state index in [4.69, 9.17) is 32.5 Å². The number of rotatable bonds is 39. The maximum Gasteiger partial charge on any atom is 1.00 e. The minimum Gasteiger partial charge on any atom is -0.634 e. The molecule has 23 heteroatoms. The molecule has 12 N–H and O–H groups in total. The second-order valence-electron chi connectivity index (χ2n) is 22.3. The van der Waals surface area contributed by atoms with Crippen LogP contribution in [0.25, 0.3) is 10.9 Å². The number of aromatic nitrogens is 1. The van der Waals surface area contributed by atoms with E-state index < -0.39 is 77.0 Å². The molecule has 453 valence electrons. The molecule has 0 saturated carbocycles. The number of fused-ring (bicyclic) bond motifs is 1.